The number of rotatable bonds is 4. The molecule has 2 rings (SSSR count). The maximum Gasteiger partial charge on any atom is 0.316 e. The van der Waals surface area contributed by atoms with Gasteiger partial charge in [0.2, 0.25) is 0 Å². The topological polar surface area (TPSA) is 46.6 Å². The maximum atomic E-state index is 12.8. The molecular formula is C22H25NO3. The van der Waals surface area contributed by atoms with Gasteiger partial charge in [-0.2, -0.15) is 0 Å². The van der Waals surface area contributed by atoms with Crippen molar-refractivity contribution in [1.29, 1.82) is 0 Å². The number of carbonyl (C=O) groups is 2. The minimum absolute atomic E-state index is 0.246. The Bertz CT molecular complexity index is 817. The molecule has 0 heterocycles. The molecule has 0 aliphatic heterocycles. The Morgan fingerprint density at radius 3 is 2.12 bits per heavy atom. The van der Waals surface area contributed by atoms with Crippen molar-refractivity contribution in [1.82, 2.24) is 0 Å². The van der Waals surface area contributed by atoms with E-state index >= 15 is 0 Å². The summed E-state index contributed by atoms with van der Waals surface area (Å²) in [5.74, 6) is -0.408. The molecule has 0 radical (unpaired) electrons. The molecule has 0 atom stereocenters. The molecule has 2 aromatic rings. The Hall–Kier alpha value is -2.88. The molecule has 0 spiro atoms. The number of ether oxygens (including phenoxy) is 1. The molecule has 0 fully saturated rings. The van der Waals surface area contributed by atoms with Gasteiger partial charge in [-0.1, -0.05) is 48.5 Å². The van der Waals surface area contributed by atoms with Crippen LogP contribution in [0.1, 0.15) is 31.9 Å². The fraction of sp³-hybridized carbons (Fsp3) is 0.273. The lowest BCUT2D eigenvalue weighted by Gasteiger charge is -2.20. The summed E-state index contributed by atoms with van der Waals surface area (Å²) in [7, 11) is 1.70. The summed E-state index contributed by atoms with van der Waals surface area (Å²) < 4.78 is 5.56. The third-order valence-electron chi connectivity index (χ3n) is 3.94. The van der Waals surface area contributed by atoms with Gasteiger partial charge in [-0.05, 0) is 39.3 Å². The van der Waals surface area contributed by atoms with E-state index in [-0.39, 0.29) is 17.6 Å². The van der Waals surface area contributed by atoms with E-state index in [0.29, 0.717) is 5.56 Å². The summed E-state index contributed by atoms with van der Waals surface area (Å²) in [6.45, 7) is 7.28. The Morgan fingerprint density at radius 1 is 0.962 bits per heavy atom. The zero-order valence-corrected chi connectivity index (χ0v) is 15.9. The Balaban J connectivity index is 2.36. The van der Waals surface area contributed by atoms with Crippen molar-refractivity contribution >= 4 is 23.3 Å². The van der Waals surface area contributed by atoms with Crippen molar-refractivity contribution < 1.29 is 14.3 Å². The van der Waals surface area contributed by atoms with E-state index in [1.165, 1.54) is 6.08 Å². The summed E-state index contributed by atoms with van der Waals surface area (Å²) in [6, 6.07) is 16.8. The first-order valence-electron chi connectivity index (χ1n) is 8.53. The van der Waals surface area contributed by atoms with E-state index in [2.05, 4.69) is 0 Å². The zero-order chi connectivity index (χ0) is 19.3. The molecule has 0 bridgehead atoms. The quantitative estimate of drug-likeness (QED) is 0.460. The van der Waals surface area contributed by atoms with Crippen LogP contribution >= 0.6 is 0 Å². The smallest absolute Gasteiger partial charge is 0.316 e. The number of hydrogen-bond donors (Lipinski definition) is 0. The average Bonchev–Trinajstić information content (AvgIpc) is 2.60. The number of anilines is 1. The summed E-state index contributed by atoms with van der Waals surface area (Å²) >= 11 is 0. The van der Waals surface area contributed by atoms with E-state index in [1.807, 2.05) is 61.5 Å². The lowest BCUT2D eigenvalue weighted by atomic mass is 9.97. The molecule has 0 aliphatic carbocycles. The van der Waals surface area contributed by atoms with Crippen molar-refractivity contribution in [2.24, 2.45) is 5.41 Å². The molecule has 4 nitrogen and oxygen atoms in total. The first-order valence-corrected chi connectivity index (χ1v) is 8.53. The highest BCUT2D eigenvalue weighted by Gasteiger charge is 2.25. The third-order valence-corrected chi connectivity index (χ3v) is 3.94. The highest BCUT2D eigenvalue weighted by Crippen LogP contribution is 2.24. The second kappa shape index (κ2) is 8.00. The number of carbonyl (C=O) groups excluding carboxylic acids is 2. The van der Waals surface area contributed by atoms with Crippen molar-refractivity contribution in [3.05, 3.63) is 71.8 Å². The third kappa shape index (κ3) is 4.82. The Morgan fingerprint density at radius 2 is 1.54 bits per heavy atom. The number of nitrogens with zero attached hydrogens (tertiary/aromatic N) is 1. The highest BCUT2D eigenvalue weighted by atomic mass is 16.5. The molecule has 0 aromatic heterocycles. The number of aryl methyl sites for hydroxylation is 1. The minimum Gasteiger partial charge on any atom is -0.425 e. The summed E-state index contributed by atoms with van der Waals surface area (Å²) in [4.78, 5) is 26.6. The SMILES string of the molecule is Cc1ccccc1N(C)C(=O)/C=C(/OC(=O)C(C)(C)C)c1ccccc1. The first-order chi connectivity index (χ1) is 12.2. The van der Waals surface area contributed by atoms with Gasteiger partial charge in [-0.15, -0.1) is 0 Å². The number of para-hydroxylation sites is 1. The molecule has 2 aromatic carbocycles. The fourth-order valence-corrected chi connectivity index (χ4v) is 2.29. The molecule has 0 unspecified atom stereocenters. The van der Waals surface area contributed by atoms with E-state index in [0.717, 1.165) is 11.3 Å². The molecule has 136 valence electrons. The standard InChI is InChI=1S/C22H25NO3/c1-16-11-9-10-14-18(16)23(5)20(24)15-19(17-12-7-6-8-13-17)26-21(25)22(2,3)4/h6-15H,1-5H3/b19-15+. The van der Waals surface area contributed by atoms with Crippen LogP contribution in [-0.4, -0.2) is 18.9 Å². The summed E-state index contributed by atoms with van der Waals surface area (Å²) in [6.07, 6.45) is 1.37. The Labute approximate surface area is 155 Å². The highest BCUT2D eigenvalue weighted by molar-refractivity contribution is 6.05. The van der Waals surface area contributed by atoms with Gasteiger partial charge in [0.1, 0.15) is 5.76 Å². The van der Waals surface area contributed by atoms with Crippen molar-refractivity contribution in [2.75, 3.05) is 11.9 Å². The van der Waals surface area contributed by atoms with E-state index in [1.54, 1.807) is 32.7 Å². The van der Waals surface area contributed by atoms with Gasteiger partial charge in [0.05, 0.1) is 5.41 Å². The van der Waals surface area contributed by atoms with Gasteiger partial charge in [-0.25, -0.2) is 0 Å². The average molecular weight is 351 g/mol. The molecule has 0 saturated heterocycles. The van der Waals surface area contributed by atoms with Crippen LogP contribution in [-0.2, 0) is 14.3 Å². The lowest BCUT2D eigenvalue weighted by molar-refractivity contribution is -0.145. The maximum absolute atomic E-state index is 12.8. The Kier molecular flexibility index (Phi) is 5.98. The molecule has 4 heteroatoms. The number of benzene rings is 2. The lowest BCUT2D eigenvalue weighted by Crippen LogP contribution is -2.26. The molecule has 0 aliphatic rings. The largest absolute Gasteiger partial charge is 0.425 e. The minimum atomic E-state index is -0.668. The molecular weight excluding hydrogens is 326 g/mol. The predicted octanol–water partition coefficient (Wildman–Crippen LogP) is 4.59. The van der Waals surface area contributed by atoms with Crippen LogP contribution in [0.3, 0.4) is 0 Å². The van der Waals surface area contributed by atoms with Gasteiger partial charge >= 0.3 is 5.97 Å². The fourth-order valence-electron chi connectivity index (χ4n) is 2.29. The normalized spacial score (nSPS) is 11.8. The second-order valence-corrected chi connectivity index (χ2v) is 7.20. The monoisotopic (exact) mass is 351 g/mol. The van der Waals surface area contributed by atoms with Crippen LogP contribution in [0.2, 0.25) is 0 Å². The number of amides is 1. The van der Waals surface area contributed by atoms with Gasteiger partial charge in [-0.3, -0.25) is 9.59 Å². The van der Waals surface area contributed by atoms with Gasteiger partial charge in [0, 0.05) is 24.4 Å². The van der Waals surface area contributed by atoms with Crippen LogP contribution in [0.25, 0.3) is 5.76 Å². The van der Waals surface area contributed by atoms with E-state index in [9.17, 15) is 9.59 Å². The number of esters is 1. The molecule has 0 saturated carbocycles. The molecule has 26 heavy (non-hydrogen) atoms. The van der Waals surface area contributed by atoms with Crippen LogP contribution < -0.4 is 4.90 Å². The number of hydrogen-bond acceptors (Lipinski definition) is 3. The van der Waals surface area contributed by atoms with Crippen molar-refractivity contribution in [3.8, 4) is 0 Å². The molecule has 0 N–H and O–H groups in total. The van der Waals surface area contributed by atoms with Gasteiger partial charge in [0.25, 0.3) is 5.91 Å². The van der Waals surface area contributed by atoms with Crippen LogP contribution in [0.5, 0.6) is 0 Å². The van der Waals surface area contributed by atoms with Gasteiger partial charge in [0.15, 0.2) is 0 Å². The van der Waals surface area contributed by atoms with Crippen molar-refractivity contribution in [3.63, 3.8) is 0 Å². The second-order valence-electron chi connectivity index (χ2n) is 7.20. The van der Waals surface area contributed by atoms with Gasteiger partial charge < -0.3 is 9.64 Å². The first kappa shape index (κ1) is 19.4. The zero-order valence-electron chi connectivity index (χ0n) is 15.9. The summed E-state index contributed by atoms with van der Waals surface area (Å²) in [5, 5.41) is 0. The van der Waals surface area contributed by atoms with Crippen molar-refractivity contribution in [2.45, 2.75) is 27.7 Å². The summed E-state index contributed by atoms with van der Waals surface area (Å²) in [5.41, 5.74) is 1.81. The van der Waals surface area contributed by atoms with Crippen LogP contribution in [0.15, 0.2) is 60.7 Å². The van der Waals surface area contributed by atoms with Crippen LogP contribution in [0.4, 0.5) is 5.69 Å². The van der Waals surface area contributed by atoms with E-state index < -0.39 is 5.41 Å². The van der Waals surface area contributed by atoms with Crippen LogP contribution in [0, 0.1) is 12.3 Å². The predicted molar refractivity (Wildman–Crippen MR) is 105 cm³/mol. The molecule has 1 amide bonds. The van der Waals surface area contributed by atoms with E-state index in [4.69, 9.17) is 4.74 Å². The number of likely N-dealkylation sites (N-methyl/N-ethyl adjacent to an activating group) is 1.